The molecule has 0 atom stereocenters. The molecule has 0 fully saturated rings. The minimum atomic E-state index is -0.314. The van der Waals surface area contributed by atoms with Crippen molar-refractivity contribution in [3.63, 3.8) is 0 Å². The van der Waals surface area contributed by atoms with Crippen LogP contribution in [0.3, 0.4) is 0 Å². The predicted octanol–water partition coefficient (Wildman–Crippen LogP) is 0.353. The second kappa shape index (κ2) is 7.47. The fraction of sp³-hybridized carbons (Fsp3) is 0.583. The largest absolute Gasteiger partial charge is 0.370 e. The average molecular weight is 252 g/mol. The number of carbonyl (C=O) groups is 2. The zero-order valence-electron chi connectivity index (χ0n) is 10.7. The van der Waals surface area contributed by atoms with Crippen LogP contribution in [0, 0.1) is 6.92 Å². The maximum absolute atomic E-state index is 11.4. The van der Waals surface area contributed by atoms with Gasteiger partial charge in [-0.15, -0.1) is 0 Å². The fourth-order valence-electron chi connectivity index (χ4n) is 1.63. The van der Waals surface area contributed by atoms with Gasteiger partial charge in [0.1, 0.15) is 5.82 Å². The molecule has 3 N–H and O–H groups in total. The van der Waals surface area contributed by atoms with Crippen molar-refractivity contribution in [2.75, 3.05) is 6.54 Å². The molecule has 0 aromatic carbocycles. The van der Waals surface area contributed by atoms with E-state index in [1.54, 1.807) is 6.20 Å². The molecule has 1 aromatic rings. The van der Waals surface area contributed by atoms with Crippen LogP contribution in [0.25, 0.3) is 0 Å². The van der Waals surface area contributed by atoms with E-state index in [2.05, 4.69) is 10.3 Å². The van der Waals surface area contributed by atoms with E-state index in [-0.39, 0.29) is 11.8 Å². The molecule has 0 bridgehead atoms. The van der Waals surface area contributed by atoms with E-state index in [1.807, 2.05) is 17.7 Å². The van der Waals surface area contributed by atoms with Crippen molar-refractivity contribution in [2.24, 2.45) is 5.73 Å². The highest BCUT2D eigenvalue weighted by Crippen LogP contribution is 1.99. The average Bonchev–Trinajstić information content (AvgIpc) is 2.70. The first kappa shape index (κ1) is 14.2. The van der Waals surface area contributed by atoms with Crippen molar-refractivity contribution >= 4 is 11.8 Å². The van der Waals surface area contributed by atoms with Crippen molar-refractivity contribution in [1.29, 1.82) is 0 Å². The molecule has 6 nitrogen and oxygen atoms in total. The smallest absolute Gasteiger partial charge is 0.220 e. The van der Waals surface area contributed by atoms with E-state index in [1.165, 1.54) is 0 Å². The van der Waals surface area contributed by atoms with Gasteiger partial charge in [-0.05, 0) is 19.8 Å². The summed E-state index contributed by atoms with van der Waals surface area (Å²) >= 11 is 0. The van der Waals surface area contributed by atoms with Crippen LogP contribution in [-0.4, -0.2) is 27.9 Å². The Morgan fingerprint density at radius 1 is 1.39 bits per heavy atom. The van der Waals surface area contributed by atoms with Gasteiger partial charge < -0.3 is 15.6 Å². The molecule has 100 valence electrons. The molecule has 0 aliphatic carbocycles. The number of aromatic nitrogens is 2. The fourth-order valence-corrected chi connectivity index (χ4v) is 1.63. The number of aryl methyl sites for hydroxylation is 1. The highest BCUT2D eigenvalue weighted by atomic mass is 16.1. The Hall–Kier alpha value is -1.85. The number of carbonyl (C=O) groups excluding carboxylic acids is 2. The van der Waals surface area contributed by atoms with Gasteiger partial charge in [-0.25, -0.2) is 4.98 Å². The molecule has 0 aliphatic heterocycles. The van der Waals surface area contributed by atoms with E-state index < -0.39 is 0 Å². The Bertz CT molecular complexity index is 401. The van der Waals surface area contributed by atoms with Gasteiger partial charge in [-0.1, -0.05) is 0 Å². The van der Waals surface area contributed by atoms with Gasteiger partial charge in [-0.3, -0.25) is 9.59 Å². The van der Waals surface area contributed by atoms with Crippen LogP contribution in [0.15, 0.2) is 12.4 Å². The first-order valence-electron chi connectivity index (χ1n) is 6.12. The molecule has 0 spiro atoms. The summed E-state index contributed by atoms with van der Waals surface area (Å²) in [6, 6.07) is 0. The summed E-state index contributed by atoms with van der Waals surface area (Å²) in [5.41, 5.74) is 5.01. The zero-order chi connectivity index (χ0) is 13.4. The number of hydrogen-bond donors (Lipinski definition) is 2. The minimum absolute atomic E-state index is 0.0113. The van der Waals surface area contributed by atoms with Gasteiger partial charge in [0.15, 0.2) is 0 Å². The van der Waals surface area contributed by atoms with Crippen molar-refractivity contribution < 1.29 is 9.59 Å². The molecular weight excluding hydrogens is 232 g/mol. The Labute approximate surface area is 107 Å². The number of rotatable bonds is 8. The van der Waals surface area contributed by atoms with Gasteiger partial charge in [0.05, 0.1) is 0 Å². The topological polar surface area (TPSA) is 90.0 Å². The molecule has 6 heteroatoms. The predicted molar refractivity (Wildman–Crippen MR) is 67.6 cm³/mol. The number of hydrogen-bond acceptors (Lipinski definition) is 3. The second-order valence-electron chi connectivity index (χ2n) is 4.19. The first-order chi connectivity index (χ1) is 8.59. The number of unbranched alkanes of at least 4 members (excludes halogenated alkanes) is 1. The molecule has 0 aliphatic rings. The number of amides is 2. The van der Waals surface area contributed by atoms with Crippen molar-refractivity contribution in [1.82, 2.24) is 14.9 Å². The third kappa shape index (κ3) is 5.47. The van der Waals surface area contributed by atoms with Gasteiger partial charge in [0, 0.05) is 38.3 Å². The Morgan fingerprint density at radius 3 is 2.72 bits per heavy atom. The zero-order valence-corrected chi connectivity index (χ0v) is 10.7. The van der Waals surface area contributed by atoms with E-state index in [0.717, 1.165) is 12.4 Å². The summed E-state index contributed by atoms with van der Waals surface area (Å²) in [6.07, 6.45) is 5.77. The molecule has 1 heterocycles. The highest BCUT2D eigenvalue weighted by Gasteiger charge is 2.02. The third-order valence-electron chi connectivity index (χ3n) is 2.68. The molecule has 0 saturated heterocycles. The van der Waals surface area contributed by atoms with Crippen LogP contribution in [-0.2, 0) is 16.1 Å². The lowest BCUT2D eigenvalue weighted by Gasteiger charge is -2.07. The molecule has 0 saturated carbocycles. The van der Waals surface area contributed by atoms with Crippen LogP contribution in [0.4, 0.5) is 0 Å². The van der Waals surface area contributed by atoms with Crippen LogP contribution in [0.2, 0.25) is 0 Å². The number of imidazole rings is 1. The Morgan fingerprint density at radius 2 is 2.11 bits per heavy atom. The number of nitrogens with two attached hydrogens (primary N) is 1. The van der Waals surface area contributed by atoms with Gasteiger partial charge in [0.2, 0.25) is 11.8 Å². The number of nitrogens with one attached hydrogen (secondary N) is 1. The standard InChI is InChI=1S/C12H20N4O2/c1-10-14-6-8-16(10)9-7-15-12(18)5-3-2-4-11(13)17/h6,8H,2-5,7,9H2,1H3,(H2,13,17)(H,15,18). The summed E-state index contributed by atoms with van der Waals surface area (Å²) in [5.74, 6) is 0.633. The van der Waals surface area contributed by atoms with Crippen LogP contribution >= 0.6 is 0 Å². The molecule has 18 heavy (non-hydrogen) atoms. The summed E-state index contributed by atoms with van der Waals surface area (Å²) in [6.45, 7) is 3.23. The minimum Gasteiger partial charge on any atom is -0.370 e. The Kier molecular flexibility index (Phi) is 5.90. The summed E-state index contributed by atoms with van der Waals surface area (Å²) in [4.78, 5) is 26.0. The van der Waals surface area contributed by atoms with Crippen molar-refractivity contribution in [3.8, 4) is 0 Å². The number of nitrogens with zero attached hydrogens (tertiary/aromatic N) is 2. The normalized spacial score (nSPS) is 10.3. The highest BCUT2D eigenvalue weighted by molar-refractivity contribution is 5.76. The third-order valence-corrected chi connectivity index (χ3v) is 2.68. The van der Waals surface area contributed by atoms with E-state index >= 15 is 0 Å². The molecule has 0 radical (unpaired) electrons. The molecule has 0 unspecified atom stereocenters. The summed E-state index contributed by atoms with van der Waals surface area (Å²) in [5, 5.41) is 2.83. The Balaban J connectivity index is 2.07. The van der Waals surface area contributed by atoms with Gasteiger partial charge in [0.25, 0.3) is 0 Å². The maximum Gasteiger partial charge on any atom is 0.220 e. The molecule has 1 aromatic heterocycles. The summed E-state index contributed by atoms with van der Waals surface area (Å²) < 4.78 is 1.98. The van der Waals surface area contributed by atoms with Crippen molar-refractivity contribution in [3.05, 3.63) is 18.2 Å². The first-order valence-corrected chi connectivity index (χ1v) is 6.12. The van der Waals surface area contributed by atoms with Crippen LogP contribution < -0.4 is 11.1 Å². The van der Waals surface area contributed by atoms with E-state index in [4.69, 9.17) is 5.73 Å². The maximum atomic E-state index is 11.4. The van der Waals surface area contributed by atoms with Crippen LogP contribution in [0.5, 0.6) is 0 Å². The summed E-state index contributed by atoms with van der Waals surface area (Å²) in [7, 11) is 0. The van der Waals surface area contributed by atoms with Gasteiger partial charge in [-0.2, -0.15) is 0 Å². The lowest BCUT2D eigenvalue weighted by atomic mass is 10.2. The quantitative estimate of drug-likeness (QED) is 0.654. The molecule has 2 amide bonds. The number of primary amides is 1. The monoisotopic (exact) mass is 252 g/mol. The molecule has 1 rings (SSSR count). The van der Waals surface area contributed by atoms with E-state index in [9.17, 15) is 9.59 Å². The van der Waals surface area contributed by atoms with E-state index in [0.29, 0.717) is 32.2 Å². The molecular formula is C12H20N4O2. The lowest BCUT2D eigenvalue weighted by molar-refractivity contribution is -0.122. The van der Waals surface area contributed by atoms with Crippen molar-refractivity contribution in [2.45, 2.75) is 39.2 Å². The second-order valence-corrected chi connectivity index (χ2v) is 4.19. The lowest BCUT2D eigenvalue weighted by Crippen LogP contribution is -2.27. The SMILES string of the molecule is Cc1nccn1CCNC(=O)CCCCC(N)=O. The van der Waals surface area contributed by atoms with Crippen LogP contribution in [0.1, 0.15) is 31.5 Å². The van der Waals surface area contributed by atoms with Gasteiger partial charge >= 0.3 is 0 Å².